The van der Waals surface area contributed by atoms with Crippen molar-refractivity contribution in [2.75, 3.05) is 13.6 Å². The van der Waals surface area contributed by atoms with Gasteiger partial charge in [-0.3, -0.25) is 9.69 Å². The van der Waals surface area contributed by atoms with Gasteiger partial charge in [0, 0.05) is 22.6 Å². The molecule has 140 valence electrons. The number of aromatic amines is 1. The quantitative estimate of drug-likeness (QED) is 0.698. The second kappa shape index (κ2) is 7.37. The van der Waals surface area contributed by atoms with E-state index in [0.717, 1.165) is 47.1 Å². The lowest BCUT2D eigenvalue weighted by Gasteiger charge is -2.18. The summed E-state index contributed by atoms with van der Waals surface area (Å²) in [4.78, 5) is 18.2. The first-order valence-corrected chi connectivity index (χ1v) is 9.76. The van der Waals surface area contributed by atoms with Crippen molar-refractivity contribution in [3.05, 3.63) is 58.6 Å². The van der Waals surface area contributed by atoms with Crippen LogP contribution in [0.3, 0.4) is 0 Å². The van der Waals surface area contributed by atoms with Crippen molar-refractivity contribution in [2.45, 2.75) is 32.4 Å². The minimum atomic E-state index is -0.0232. The van der Waals surface area contributed by atoms with Crippen molar-refractivity contribution in [1.82, 2.24) is 15.2 Å². The molecule has 2 heterocycles. The van der Waals surface area contributed by atoms with Crippen molar-refractivity contribution < 1.29 is 4.79 Å². The molecule has 27 heavy (non-hydrogen) atoms. The number of likely N-dealkylation sites (tertiary alicyclic amines) is 1. The Morgan fingerprint density at radius 3 is 2.78 bits per heavy atom. The van der Waals surface area contributed by atoms with Crippen LogP contribution in [0.25, 0.3) is 22.2 Å². The summed E-state index contributed by atoms with van der Waals surface area (Å²) in [6, 6.07) is 14.2. The molecule has 4 nitrogen and oxygen atoms in total. The standard InChI is InChI=1S/C22H24ClN3O/c1-14-18-12-17(23)11-16(13-24-22(27)19-9-6-10-26(19)2)21(18)25-20(14)15-7-4-3-5-8-15/h3-5,7-8,11-12,19,25H,6,9-10,13H2,1-2H3,(H,24,27)/t19-/m0/s1. The van der Waals surface area contributed by atoms with Gasteiger partial charge in [0.15, 0.2) is 0 Å². The number of H-pyrrole nitrogens is 1. The minimum absolute atomic E-state index is 0.0232. The summed E-state index contributed by atoms with van der Waals surface area (Å²) >= 11 is 6.38. The molecule has 1 amide bonds. The molecule has 5 heteroatoms. The molecule has 3 aromatic rings. The number of nitrogens with zero attached hydrogens (tertiary/aromatic N) is 1. The van der Waals surface area contributed by atoms with E-state index >= 15 is 0 Å². The summed E-state index contributed by atoms with van der Waals surface area (Å²) in [6.07, 6.45) is 2.00. The first-order valence-electron chi connectivity index (χ1n) is 9.38. The molecule has 0 aliphatic carbocycles. The maximum atomic E-state index is 12.5. The molecule has 0 bridgehead atoms. The lowest BCUT2D eigenvalue weighted by Crippen LogP contribution is -2.41. The molecule has 0 radical (unpaired) electrons. The van der Waals surface area contributed by atoms with Crippen LogP contribution in [0.5, 0.6) is 0 Å². The van der Waals surface area contributed by atoms with Gasteiger partial charge < -0.3 is 10.3 Å². The van der Waals surface area contributed by atoms with Gasteiger partial charge in [0.05, 0.1) is 11.6 Å². The van der Waals surface area contributed by atoms with Crippen molar-refractivity contribution in [1.29, 1.82) is 0 Å². The average Bonchev–Trinajstić information content (AvgIpc) is 3.24. The van der Waals surface area contributed by atoms with Gasteiger partial charge in [-0.15, -0.1) is 0 Å². The number of benzene rings is 2. The number of halogens is 1. The summed E-state index contributed by atoms with van der Waals surface area (Å²) in [5.41, 5.74) is 5.45. The van der Waals surface area contributed by atoms with Crippen LogP contribution < -0.4 is 5.32 Å². The summed E-state index contributed by atoms with van der Waals surface area (Å²) in [5.74, 6) is 0.0923. The monoisotopic (exact) mass is 381 g/mol. The van der Waals surface area contributed by atoms with E-state index in [2.05, 4.69) is 34.3 Å². The summed E-state index contributed by atoms with van der Waals surface area (Å²) < 4.78 is 0. The molecule has 0 unspecified atom stereocenters. The third kappa shape index (κ3) is 3.47. The summed E-state index contributed by atoms with van der Waals surface area (Å²) in [6.45, 7) is 3.55. The zero-order chi connectivity index (χ0) is 19.0. The van der Waals surface area contributed by atoms with Crippen molar-refractivity contribution in [3.8, 4) is 11.3 Å². The van der Waals surface area contributed by atoms with Gasteiger partial charge in [-0.05, 0) is 62.2 Å². The zero-order valence-corrected chi connectivity index (χ0v) is 16.4. The smallest absolute Gasteiger partial charge is 0.237 e. The number of amides is 1. The van der Waals surface area contributed by atoms with Crippen LogP contribution in [0, 0.1) is 6.92 Å². The zero-order valence-electron chi connectivity index (χ0n) is 15.7. The molecule has 1 aliphatic heterocycles. The highest BCUT2D eigenvalue weighted by Crippen LogP contribution is 2.33. The Hall–Kier alpha value is -2.30. The number of likely N-dealkylation sites (N-methyl/N-ethyl adjacent to an activating group) is 1. The maximum absolute atomic E-state index is 12.5. The number of rotatable bonds is 4. The lowest BCUT2D eigenvalue weighted by molar-refractivity contribution is -0.125. The predicted molar refractivity (Wildman–Crippen MR) is 111 cm³/mol. The van der Waals surface area contributed by atoms with E-state index in [1.165, 1.54) is 5.56 Å². The molecule has 1 atom stereocenters. The third-order valence-corrected chi connectivity index (χ3v) is 5.77. The number of carbonyl (C=O) groups excluding carboxylic acids is 1. The highest BCUT2D eigenvalue weighted by Gasteiger charge is 2.27. The number of aromatic nitrogens is 1. The molecule has 1 saturated heterocycles. The van der Waals surface area contributed by atoms with Gasteiger partial charge in [-0.2, -0.15) is 0 Å². The van der Waals surface area contributed by atoms with Crippen LogP contribution in [-0.4, -0.2) is 35.4 Å². The average molecular weight is 382 g/mol. The largest absolute Gasteiger partial charge is 0.354 e. The Labute approximate surface area is 164 Å². The van der Waals surface area contributed by atoms with Crippen LogP contribution >= 0.6 is 11.6 Å². The number of carbonyl (C=O) groups is 1. The maximum Gasteiger partial charge on any atom is 0.237 e. The van der Waals surface area contributed by atoms with E-state index in [1.807, 2.05) is 37.4 Å². The fourth-order valence-corrected chi connectivity index (χ4v) is 4.28. The molecule has 2 N–H and O–H groups in total. The molecule has 2 aromatic carbocycles. The highest BCUT2D eigenvalue weighted by molar-refractivity contribution is 6.31. The van der Waals surface area contributed by atoms with E-state index in [-0.39, 0.29) is 11.9 Å². The second-order valence-electron chi connectivity index (χ2n) is 7.33. The third-order valence-electron chi connectivity index (χ3n) is 5.55. The molecular formula is C22H24ClN3O. The van der Waals surface area contributed by atoms with Crippen molar-refractivity contribution in [3.63, 3.8) is 0 Å². The van der Waals surface area contributed by atoms with Gasteiger partial charge >= 0.3 is 0 Å². The van der Waals surface area contributed by atoms with E-state index in [9.17, 15) is 4.79 Å². The molecule has 1 aromatic heterocycles. The summed E-state index contributed by atoms with van der Waals surface area (Å²) in [5, 5.41) is 4.89. The normalized spacial score (nSPS) is 17.5. The number of aryl methyl sites for hydroxylation is 1. The first kappa shape index (κ1) is 18.1. The number of nitrogens with one attached hydrogen (secondary N) is 2. The predicted octanol–water partition coefficient (Wildman–Crippen LogP) is 4.51. The Morgan fingerprint density at radius 2 is 2.07 bits per heavy atom. The SMILES string of the molecule is Cc1c(-c2ccccc2)[nH]c2c(CNC(=O)[C@@H]3CCCN3C)cc(Cl)cc12. The number of hydrogen-bond acceptors (Lipinski definition) is 2. The number of hydrogen-bond donors (Lipinski definition) is 2. The van der Waals surface area contributed by atoms with Crippen LogP contribution in [0.15, 0.2) is 42.5 Å². The van der Waals surface area contributed by atoms with Gasteiger partial charge in [0.1, 0.15) is 0 Å². The van der Waals surface area contributed by atoms with Crippen LogP contribution in [0.2, 0.25) is 5.02 Å². The molecule has 0 saturated carbocycles. The van der Waals surface area contributed by atoms with Gasteiger partial charge in [0.25, 0.3) is 0 Å². The Balaban J connectivity index is 1.65. The Morgan fingerprint density at radius 1 is 1.30 bits per heavy atom. The molecule has 1 aliphatic rings. The van der Waals surface area contributed by atoms with E-state index < -0.39 is 0 Å². The first-order chi connectivity index (χ1) is 13.0. The fraction of sp³-hybridized carbons (Fsp3) is 0.318. The van der Waals surface area contributed by atoms with Gasteiger partial charge in [-0.1, -0.05) is 41.9 Å². The van der Waals surface area contributed by atoms with Crippen molar-refractivity contribution in [2.24, 2.45) is 0 Å². The van der Waals surface area contributed by atoms with Crippen LogP contribution in [0.1, 0.15) is 24.0 Å². The molecule has 4 rings (SSSR count). The van der Waals surface area contributed by atoms with E-state index in [4.69, 9.17) is 11.6 Å². The van der Waals surface area contributed by atoms with E-state index in [1.54, 1.807) is 0 Å². The topological polar surface area (TPSA) is 48.1 Å². The van der Waals surface area contributed by atoms with Crippen LogP contribution in [-0.2, 0) is 11.3 Å². The fourth-order valence-electron chi connectivity index (χ4n) is 4.03. The molecule has 0 spiro atoms. The summed E-state index contributed by atoms with van der Waals surface area (Å²) in [7, 11) is 2.01. The Bertz CT molecular complexity index is 980. The molecular weight excluding hydrogens is 358 g/mol. The highest BCUT2D eigenvalue weighted by atomic mass is 35.5. The van der Waals surface area contributed by atoms with Gasteiger partial charge in [0.2, 0.25) is 5.91 Å². The van der Waals surface area contributed by atoms with E-state index in [0.29, 0.717) is 11.6 Å². The minimum Gasteiger partial charge on any atom is -0.354 e. The second-order valence-corrected chi connectivity index (χ2v) is 7.77. The molecule has 1 fully saturated rings. The number of fused-ring (bicyclic) bond motifs is 1. The lowest BCUT2D eigenvalue weighted by atomic mass is 10.1. The van der Waals surface area contributed by atoms with Crippen molar-refractivity contribution >= 4 is 28.4 Å². The van der Waals surface area contributed by atoms with Gasteiger partial charge in [-0.25, -0.2) is 0 Å². The Kier molecular flexibility index (Phi) is 4.94. The van der Waals surface area contributed by atoms with Crippen LogP contribution in [0.4, 0.5) is 0 Å².